The molecule has 37 heavy (non-hydrogen) atoms. The van der Waals surface area contributed by atoms with Crippen molar-refractivity contribution < 1.29 is 19.4 Å². The molecule has 0 bridgehead atoms. The quantitative estimate of drug-likeness (QED) is 0.201. The lowest BCUT2D eigenvalue weighted by atomic mass is 9.76. The molecule has 9 heteroatoms. The molecule has 0 saturated heterocycles. The van der Waals surface area contributed by atoms with Gasteiger partial charge < -0.3 is 25.3 Å². The first-order chi connectivity index (χ1) is 18.0. The number of carboxylic acids is 1. The summed E-state index contributed by atoms with van der Waals surface area (Å²) in [5.41, 5.74) is 10.6. The van der Waals surface area contributed by atoms with Gasteiger partial charge in [-0.25, -0.2) is 10.4 Å². The summed E-state index contributed by atoms with van der Waals surface area (Å²) in [6.07, 6.45) is 7.22. The number of rotatable bonds is 5. The van der Waals surface area contributed by atoms with Crippen LogP contribution in [0.3, 0.4) is 0 Å². The lowest BCUT2D eigenvalue weighted by Gasteiger charge is -2.38. The van der Waals surface area contributed by atoms with Gasteiger partial charge in [0, 0.05) is 33.4 Å². The number of hydrazine groups is 1. The van der Waals surface area contributed by atoms with Crippen molar-refractivity contribution in [3.05, 3.63) is 87.5 Å². The number of benzene rings is 2. The van der Waals surface area contributed by atoms with Gasteiger partial charge in [0.05, 0.1) is 6.04 Å². The molecule has 0 amide bonds. The van der Waals surface area contributed by atoms with Crippen LogP contribution in [0.25, 0.3) is 0 Å². The Bertz CT molecular complexity index is 1460. The van der Waals surface area contributed by atoms with E-state index in [0.717, 1.165) is 39.2 Å². The van der Waals surface area contributed by atoms with Crippen molar-refractivity contribution in [2.45, 2.75) is 18.4 Å². The van der Waals surface area contributed by atoms with Crippen LogP contribution in [-0.4, -0.2) is 29.4 Å². The Morgan fingerprint density at radius 3 is 2.73 bits per heavy atom. The SMILES string of the molecule is O=C(O)CNNc1ccc(C#Cc2ccc3c(c2)C2C=CCC2C(c2cc4c(cc2Br)OCO4)N3)cn1. The van der Waals surface area contributed by atoms with Crippen molar-refractivity contribution in [2.75, 3.05) is 24.1 Å². The molecule has 1 aromatic heterocycles. The van der Waals surface area contributed by atoms with Crippen LogP contribution >= 0.6 is 15.9 Å². The normalized spacial score (nSPS) is 20.3. The van der Waals surface area contributed by atoms with Gasteiger partial charge in [-0.1, -0.05) is 39.9 Å². The summed E-state index contributed by atoms with van der Waals surface area (Å²) in [4.78, 5) is 14.8. The van der Waals surface area contributed by atoms with Gasteiger partial charge in [0.1, 0.15) is 12.4 Å². The molecule has 6 rings (SSSR count). The number of carbonyl (C=O) groups is 1. The third kappa shape index (κ3) is 4.73. The van der Waals surface area contributed by atoms with E-state index >= 15 is 0 Å². The molecule has 3 aromatic rings. The fourth-order valence-electron chi connectivity index (χ4n) is 5.05. The highest BCUT2D eigenvalue weighted by Crippen LogP contribution is 2.52. The molecule has 1 aliphatic carbocycles. The molecule has 4 N–H and O–H groups in total. The number of aliphatic carboxylic acids is 1. The molecule has 2 aliphatic heterocycles. The Kier molecular flexibility index (Phi) is 6.20. The Balaban J connectivity index is 1.22. The maximum absolute atomic E-state index is 10.6. The highest BCUT2D eigenvalue weighted by atomic mass is 79.9. The molecule has 0 radical (unpaired) electrons. The second-order valence-corrected chi connectivity index (χ2v) is 9.91. The fourth-order valence-corrected chi connectivity index (χ4v) is 5.62. The minimum atomic E-state index is -0.953. The number of fused-ring (bicyclic) bond motifs is 4. The van der Waals surface area contributed by atoms with Gasteiger partial charge >= 0.3 is 5.97 Å². The zero-order valence-electron chi connectivity index (χ0n) is 19.6. The van der Waals surface area contributed by atoms with Crippen molar-refractivity contribution in [2.24, 2.45) is 5.92 Å². The average Bonchev–Trinajstić information content (AvgIpc) is 3.57. The summed E-state index contributed by atoms with van der Waals surface area (Å²) in [6, 6.07) is 14.1. The zero-order chi connectivity index (χ0) is 25.4. The number of anilines is 2. The Morgan fingerprint density at radius 2 is 1.92 bits per heavy atom. The first kappa shape index (κ1) is 23.4. The third-order valence-electron chi connectivity index (χ3n) is 6.76. The van der Waals surface area contributed by atoms with E-state index in [1.165, 1.54) is 11.1 Å². The predicted octanol–water partition coefficient (Wildman–Crippen LogP) is 4.80. The van der Waals surface area contributed by atoms with Crippen LogP contribution < -0.4 is 25.6 Å². The Hall–Kier alpha value is -4.00. The molecule has 3 aliphatic rings. The van der Waals surface area contributed by atoms with Gasteiger partial charge in [-0.3, -0.25) is 4.79 Å². The smallest absolute Gasteiger partial charge is 0.319 e. The summed E-state index contributed by atoms with van der Waals surface area (Å²) >= 11 is 3.75. The summed E-state index contributed by atoms with van der Waals surface area (Å²) in [6.45, 7) is 0.0485. The van der Waals surface area contributed by atoms with Crippen LogP contribution in [0, 0.1) is 17.8 Å². The van der Waals surface area contributed by atoms with Gasteiger partial charge in [-0.2, -0.15) is 0 Å². The van der Waals surface area contributed by atoms with E-state index in [9.17, 15) is 4.79 Å². The van der Waals surface area contributed by atoms with Crippen LogP contribution in [0.15, 0.2) is 65.3 Å². The Labute approximate surface area is 222 Å². The summed E-state index contributed by atoms with van der Waals surface area (Å²) in [5, 5.41) is 12.5. The number of carboxylic acid groups (broad SMARTS) is 1. The number of ether oxygens (including phenoxy) is 2. The number of hydrogen-bond acceptors (Lipinski definition) is 7. The van der Waals surface area contributed by atoms with Crippen molar-refractivity contribution >= 4 is 33.4 Å². The highest BCUT2D eigenvalue weighted by molar-refractivity contribution is 9.10. The van der Waals surface area contributed by atoms with Crippen LogP contribution in [-0.2, 0) is 4.79 Å². The monoisotopic (exact) mass is 558 g/mol. The highest BCUT2D eigenvalue weighted by Gasteiger charge is 2.39. The molecule has 2 aromatic carbocycles. The lowest BCUT2D eigenvalue weighted by Crippen LogP contribution is -2.29. The maximum Gasteiger partial charge on any atom is 0.319 e. The van der Waals surface area contributed by atoms with E-state index in [4.69, 9.17) is 14.6 Å². The molecule has 8 nitrogen and oxygen atoms in total. The average molecular weight is 559 g/mol. The van der Waals surface area contributed by atoms with Crippen molar-refractivity contribution in [1.82, 2.24) is 10.4 Å². The van der Waals surface area contributed by atoms with Gasteiger partial charge in [0.2, 0.25) is 6.79 Å². The standard InChI is InChI=1S/C28H23BrN4O4/c29-22-12-25-24(36-15-37-25)11-21(22)28-19-3-1-2-18(19)20-10-16(6-8-23(20)32-28)4-5-17-7-9-26(30-13-17)33-31-14-27(34)35/h1-2,6-13,18-19,28,31-32H,3,14-15H2,(H,30,33)(H,34,35). The van der Waals surface area contributed by atoms with Gasteiger partial charge in [-0.15, -0.1) is 0 Å². The number of nitrogens with zero attached hydrogens (tertiary/aromatic N) is 1. The van der Waals surface area contributed by atoms with Gasteiger partial charge in [-0.05, 0) is 65.9 Å². The predicted molar refractivity (Wildman–Crippen MR) is 143 cm³/mol. The molecule has 3 unspecified atom stereocenters. The summed E-state index contributed by atoms with van der Waals surface area (Å²) in [5.74, 6) is 8.23. The van der Waals surface area contributed by atoms with E-state index in [-0.39, 0.29) is 19.4 Å². The first-order valence-corrected chi connectivity index (χ1v) is 12.7. The first-order valence-electron chi connectivity index (χ1n) is 11.9. The van der Waals surface area contributed by atoms with Gasteiger partial charge in [0.15, 0.2) is 11.5 Å². The van der Waals surface area contributed by atoms with Crippen LogP contribution in [0.1, 0.15) is 40.6 Å². The largest absolute Gasteiger partial charge is 0.480 e. The molecular weight excluding hydrogens is 536 g/mol. The fraction of sp³-hybridized carbons (Fsp3) is 0.214. The van der Waals surface area contributed by atoms with E-state index in [1.807, 2.05) is 18.2 Å². The van der Waals surface area contributed by atoms with E-state index in [0.29, 0.717) is 17.7 Å². The van der Waals surface area contributed by atoms with Gasteiger partial charge in [0.25, 0.3) is 0 Å². The summed E-state index contributed by atoms with van der Waals surface area (Å²) in [7, 11) is 0. The number of allylic oxidation sites excluding steroid dienone is 2. The molecule has 0 spiro atoms. The van der Waals surface area contributed by atoms with Crippen LogP contribution in [0.4, 0.5) is 11.5 Å². The molecule has 3 heterocycles. The van der Waals surface area contributed by atoms with E-state index < -0.39 is 5.97 Å². The molecule has 0 fully saturated rings. The second-order valence-electron chi connectivity index (χ2n) is 9.06. The Morgan fingerprint density at radius 1 is 1.11 bits per heavy atom. The minimum Gasteiger partial charge on any atom is -0.480 e. The van der Waals surface area contributed by atoms with Crippen LogP contribution in [0.2, 0.25) is 0 Å². The van der Waals surface area contributed by atoms with E-state index in [2.05, 4.69) is 79.3 Å². The number of hydrogen-bond donors (Lipinski definition) is 4. The number of aromatic nitrogens is 1. The molecule has 186 valence electrons. The third-order valence-corrected chi connectivity index (χ3v) is 7.45. The van der Waals surface area contributed by atoms with E-state index in [1.54, 1.807) is 12.3 Å². The van der Waals surface area contributed by atoms with Crippen molar-refractivity contribution in [3.8, 4) is 23.3 Å². The van der Waals surface area contributed by atoms with Crippen LogP contribution in [0.5, 0.6) is 11.5 Å². The zero-order valence-corrected chi connectivity index (χ0v) is 21.2. The molecule has 0 saturated carbocycles. The molecule has 3 atom stereocenters. The van der Waals surface area contributed by atoms with Crippen molar-refractivity contribution in [3.63, 3.8) is 0 Å². The maximum atomic E-state index is 10.6. The minimum absolute atomic E-state index is 0.136. The molecular formula is C28H23BrN4O4. The number of nitrogens with one attached hydrogen (secondary N) is 3. The summed E-state index contributed by atoms with van der Waals surface area (Å²) < 4.78 is 12.2. The lowest BCUT2D eigenvalue weighted by molar-refractivity contribution is -0.135. The number of halogens is 1. The topological polar surface area (TPSA) is 105 Å². The van der Waals surface area contributed by atoms with Crippen molar-refractivity contribution in [1.29, 1.82) is 0 Å². The second kappa shape index (κ2) is 9.81. The number of pyridine rings is 1.